The van der Waals surface area contributed by atoms with E-state index in [-0.39, 0.29) is 26.6 Å². The van der Waals surface area contributed by atoms with Crippen molar-refractivity contribution in [1.82, 2.24) is 4.98 Å². The zero-order valence-corrected chi connectivity index (χ0v) is 12.6. The van der Waals surface area contributed by atoms with Gasteiger partial charge in [-0.2, -0.15) is 15.3 Å². The molecule has 0 amide bonds. The highest BCUT2D eigenvalue weighted by atomic mass is 35.5. The number of nitrogens with one attached hydrogen (secondary N) is 1. The lowest BCUT2D eigenvalue weighted by atomic mass is 10.3. The number of rotatable bonds is 3. The quantitative estimate of drug-likeness (QED) is 0.645. The molecule has 20 heavy (non-hydrogen) atoms. The fourth-order valence-corrected chi connectivity index (χ4v) is 2.78. The number of hydrogen-bond donors (Lipinski definition) is 2. The summed E-state index contributed by atoms with van der Waals surface area (Å²) in [5, 5.41) is 24.7. The van der Waals surface area contributed by atoms with Crippen LogP contribution in [-0.4, -0.2) is 15.8 Å². The molecule has 0 radical (unpaired) electrons. The Morgan fingerprint density at radius 2 is 2.00 bits per heavy atom. The molecule has 2 rings (SSSR count). The topological polar surface area (TPSA) is 81.3 Å². The maximum atomic E-state index is 9.16. The second-order valence-electron chi connectivity index (χ2n) is 3.44. The average Bonchev–Trinajstić information content (AvgIpc) is 2.79. The Kier molecular flexibility index (Phi) is 4.68. The fourth-order valence-electron chi connectivity index (χ4n) is 1.26. The summed E-state index contributed by atoms with van der Waals surface area (Å²) in [5.41, 5.74) is 2.92. The largest absolute Gasteiger partial charge is 0.493 e. The monoisotopic (exact) mass is 346 g/mol. The SMILES string of the molecule is N#CC(=NNc1c(Cl)cc(Cl)cc1Cl)c1nc(O)cs1. The van der Waals surface area contributed by atoms with Crippen molar-refractivity contribution >= 4 is 57.5 Å². The van der Waals surface area contributed by atoms with Crippen LogP contribution in [0.2, 0.25) is 15.1 Å². The Bertz CT molecular complexity index is 700. The molecule has 0 aliphatic rings. The van der Waals surface area contributed by atoms with Gasteiger partial charge in [0.15, 0.2) is 10.7 Å². The third-order valence-corrected chi connectivity index (χ3v) is 3.74. The summed E-state index contributed by atoms with van der Waals surface area (Å²) >= 11 is 18.8. The van der Waals surface area contributed by atoms with Crippen molar-refractivity contribution in [3.8, 4) is 11.9 Å². The van der Waals surface area contributed by atoms with E-state index in [0.29, 0.717) is 10.7 Å². The fraction of sp³-hybridized carbons (Fsp3) is 0. The molecular formula is C11H5Cl3N4OS. The first-order valence-electron chi connectivity index (χ1n) is 5.04. The molecule has 0 saturated carbocycles. The lowest BCUT2D eigenvalue weighted by Crippen LogP contribution is -2.01. The Morgan fingerprint density at radius 3 is 2.50 bits per heavy atom. The normalized spacial score (nSPS) is 11.2. The van der Waals surface area contributed by atoms with E-state index in [9.17, 15) is 0 Å². The molecule has 0 spiro atoms. The molecule has 102 valence electrons. The molecule has 0 saturated heterocycles. The second-order valence-corrected chi connectivity index (χ2v) is 5.55. The molecule has 1 heterocycles. The van der Waals surface area contributed by atoms with Crippen LogP contribution in [0.25, 0.3) is 0 Å². The molecule has 0 aliphatic heterocycles. The maximum absolute atomic E-state index is 9.16. The number of hydrazone groups is 1. The molecule has 2 N–H and O–H groups in total. The summed E-state index contributed by atoms with van der Waals surface area (Å²) in [4.78, 5) is 3.75. The number of benzene rings is 1. The predicted molar refractivity (Wildman–Crippen MR) is 81.0 cm³/mol. The van der Waals surface area contributed by atoms with Gasteiger partial charge in [-0.25, -0.2) is 0 Å². The van der Waals surface area contributed by atoms with E-state index in [4.69, 9.17) is 45.2 Å². The molecule has 0 atom stereocenters. The number of anilines is 1. The number of aromatic nitrogens is 1. The molecule has 1 aromatic heterocycles. The maximum Gasteiger partial charge on any atom is 0.222 e. The molecule has 0 bridgehead atoms. The van der Waals surface area contributed by atoms with Gasteiger partial charge in [0.1, 0.15) is 6.07 Å². The average molecular weight is 348 g/mol. The summed E-state index contributed by atoms with van der Waals surface area (Å²) in [7, 11) is 0. The van der Waals surface area contributed by atoms with Crippen LogP contribution in [0.4, 0.5) is 5.69 Å². The van der Waals surface area contributed by atoms with Crippen molar-refractivity contribution in [2.75, 3.05) is 5.43 Å². The van der Waals surface area contributed by atoms with Crippen LogP contribution in [0.5, 0.6) is 5.88 Å². The first kappa shape index (κ1) is 14.9. The van der Waals surface area contributed by atoms with Gasteiger partial charge in [0, 0.05) is 5.02 Å². The van der Waals surface area contributed by atoms with Gasteiger partial charge in [-0.1, -0.05) is 34.8 Å². The molecule has 1 aromatic carbocycles. The van der Waals surface area contributed by atoms with Crippen LogP contribution < -0.4 is 5.43 Å². The highest BCUT2D eigenvalue weighted by Crippen LogP contribution is 2.33. The van der Waals surface area contributed by atoms with Crippen molar-refractivity contribution in [2.24, 2.45) is 5.10 Å². The molecular weight excluding hydrogens is 343 g/mol. The van der Waals surface area contributed by atoms with Gasteiger partial charge >= 0.3 is 0 Å². The molecule has 9 heteroatoms. The van der Waals surface area contributed by atoms with Crippen molar-refractivity contribution < 1.29 is 5.11 Å². The summed E-state index contributed by atoms with van der Waals surface area (Å²) in [6.45, 7) is 0. The van der Waals surface area contributed by atoms with Crippen molar-refractivity contribution in [3.63, 3.8) is 0 Å². The van der Waals surface area contributed by atoms with Gasteiger partial charge in [0.25, 0.3) is 0 Å². The Morgan fingerprint density at radius 1 is 1.35 bits per heavy atom. The number of thiazole rings is 1. The van der Waals surface area contributed by atoms with Gasteiger partial charge < -0.3 is 5.11 Å². The molecule has 0 unspecified atom stereocenters. The predicted octanol–water partition coefficient (Wildman–Crippen LogP) is 4.15. The number of hydrogen-bond acceptors (Lipinski definition) is 6. The van der Waals surface area contributed by atoms with E-state index in [1.54, 1.807) is 0 Å². The van der Waals surface area contributed by atoms with E-state index < -0.39 is 0 Å². The number of halogens is 3. The molecule has 5 nitrogen and oxygen atoms in total. The van der Waals surface area contributed by atoms with Gasteiger partial charge in [0.2, 0.25) is 5.88 Å². The summed E-state index contributed by atoms with van der Waals surface area (Å²) in [6.07, 6.45) is 0. The summed E-state index contributed by atoms with van der Waals surface area (Å²) < 4.78 is 0. The Balaban J connectivity index is 2.31. The zero-order valence-electron chi connectivity index (χ0n) is 9.56. The van der Waals surface area contributed by atoms with Crippen LogP contribution in [0.1, 0.15) is 5.01 Å². The van der Waals surface area contributed by atoms with E-state index in [1.165, 1.54) is 17.5 Å². The van der Waals surface area contributed by atoms with Crippen LogP contribution in [-0.2, 0) is 0 Å². The lowest BCUT2D eigenvalue weighted by molar-refractivity contribution is 0.457. The molecule has 0 aliphatic carbocycles. The first-order valence-corrected chi connectivity index (χ1v) is 7.06. The standard InChI is InChI=1S/C11H5Cl3N4OS/c12-5-1-6(13)10(7(14)2-5)18-17-8(3-15)11-16-9(19)4-20-11/h1-2,4,18-19H. The van der Waals surface area contributed by atoms with Crippen LogP contribution in [0, 0.1) is 11.3 Å². The van der Waals surface area contributed by atoms with Gasteiger partial charge in [0.05, 0.1) is 21.1 Å². The van der Waals surface area contributed by atoms with Crippen LogP contribution >= 0.6 is 46.1 Å². The number of aromatic hydroxyl groups is 1. The number of nitrogens with zero attached hydrogens (tertiary/aromatic N) is 3. The third kappa shape index (κ3) is 3.32. The number of nitriles is 1. The first-order chi connectivity index (χ1) is 9.51. The van der Waals surface area contributed by atoms with Gasteiger partial charge in [-0.05, 0) is 12.1 Å². The van der Waals surface area contributed by atoms with E-state index >= 15 is 0 Å². The lowest BCUT2D eigenvalue weighted by Gasteiger charge is -2.06. The van der Waals surface area contributed by atoms with Gasteiger partial charge in [-0.3, -0.25) is 5.43 Å². The highest BCUT2D eigenvalue weighted by molar-refractivity contribution is 7.12. The minimum absolute atomic E-state index is 0.00242. The van der Waals surface area contributed by atoms with Crippen molar-refractivity contribution in [1.29, 1.82) is 5.26 Å². The highest BCUT2D eigenvalue weighted by Gasteiger charge is 2.11. The summed E-state index contributed by atoms with van der Waals surface area (Å²) in [6, 6.07) is 4.85. The minimum Gasteiger partial charge on any atom is -0.493 e. The van der Waals surface area contributed by atoms with Crippen molar-refractivity contribution in [3.05, 3.63) is 37.6 Å². The van der Waals surface area contributed by atoms with Crippen LogP contribution in [0.3, 0.4) is 0 Å². The molecule has 2 aromatic rings. The minimum atomic E-state index is -0.171. The zero-order chi connectivity index (χ0) is 14.7. The van der Waals surface area contributed by atoms with E-state index in [1.807, 2.05) is 6.07 Å². The summed E-state index contributed by atoms with van der Waals surface area (Å²) in [5.74, 6) is -0.171. The Labute approximate surface area is 133 Å². The van der Waals surface area contributed by atoms with Crippen molar-refractivity contribution in [2.45, 2.75) is 0 Å². The van der Waals surface area contributed by atoms with Gasteiger partial charge in [-0.15, -0.1) is 11.3 Å². The van der Waals surface area contributed by atoms with Crippen LogP contribution in [0.15, 0.2) is 22.6 Å². The third-order valence-electron chi connectivity index (χ3n) is 2.09. The smallest absolute Gasteiger partial charge is 0.222 e. The Hall–Kier alpha value is -1.52. The van der Waals surface area contributed by atoms with E-state index in [2.05, 4.69) is 15.5 Å². The molecule has 0 fully saturated rings. The van der Waals surface area contributed by atoms with E-state index in [0.717, 1.165) is 11.3 Å². The second kappa shape index (κ2) is 6.29.